The molecule has 1 aliphatic rings. The molecule has 28 heavy (non-hydrogen) atoms. The van der Waals surface area contributed by atoms with E-state index in [9.17, 15) is 27.9 Å². The van der Waals surface area contributed by atoms with Gasteiger partial charge in [-0.25, -0.2) is 0 Å². The van der Waals surface area contributed by atoms with Crippen molar-refractivity contribution in [1.29, 1.82) is 0 Å². The van der Waals surface area contributed by atoms with E-state index in [1.165, 1.54) is 12.1 Å². The molecule has 2 aromatic carbocycles. The summed E-state index contributed by atoms with van der Waals surface area (Å²) in [5.41, 5.74) is -2.55. The summed E-state index contributed by atoms with van der Waals surface area (Å²) in [6, 6.07) is 15.0. The highest BCUT2D eigenvalue weighted by atomic mass is 19.4. The monoisotopic (exact) mass is 392 g/mol. The SMILES string of the molecule is O=C(N[C@@H]1CC[C@](O)(C(F)(F)F)N(Cc2ccccc2)C1=O)c1ccccc1. The molecule has 3 rings (SSSR count). The van der Waals surface area contributed by atoms with Gasteiger partial charge in [0.05, 0.1) is 0 Å². The van der Waals surface area contributed by atoms with E-state index in [1.807, 2.05) is 0 Å². The van der Waals surface area contributed by atoms with Crippen molar-refractivity contribution in [3.8, 4) is 0 Å². The van der Waals surface area contributed by atoms with Gasteiger partial charge in [-0.15, -0.1) is 0 Å². The highest BCUT2D eigenvalue weighted by Gasteiger charge is 2.62. The minimum Gasteiger partial charge on any atom is -0.363 e. The van der Waals surface area contributed by atoms with Crippen LogP contribution in [0, 0.1) is 0 Å². The Hall–Kier alpha value is -2.87. The van der Waals surface area contributed by atoms with Crippen LogP contribution < -0.4 is 5.32 Å². The number of alkyl halides is 3. The number of carbonyl (C=O) groups excluding carboxylic acids is 2. The van der Waals surface area contributed by atoms with Crippen molar-refractivity contribution in [1.82, 2.24) is 10.2 Å². The highest BCUT2D eigenvalue weighted by Crippen LogP contribution is 2.41. The number of nitrogens with zero attached hydrogens (tertiary/aromatic N) is 1. The van der Waals surface area contributed by atoms with E-state index in [0.717, 1.165) is 0 Å². The number of amides is 2. The first-order valence-electron chi connectivity index (χ1n) is 8.73. The van der Waals surface area contributed by atoms with Gasteiger partial charge >= 0.3 is 6.18 Å². The predicted octanol–water partition coefficient (Wildman–Crippen LogP) is 2.86. The number of nitrogens with one attached hydrogen (secondary N) is 1. The Morgan fingerprint density at radius 1 is 1.11 bits per heavy atom. The lowest BCUT2D eigenvalue weighted by molar-refractivity contribution is -0.320. The van der Waals surface area contributed by atoms with Crippen LogP contribution in [0.1, 0.15) is 28.8 Å². The normalized spacial score (nSPS) is 22.8. The van der Waals surface area contributed by atoms with Crippen molar-refractivity contribution in [2.75, 3.05) is 0 Å². The molecule has 2 N–H and O–H groups in total. The smallest absolute Gasteiger partial charge is 0.363 e. The number of piperidine rings is 1. The zero-order chi connectivity index (χ0) is 20.4. The number of halogens is 3. The van der Waals surface area contributed by atoms with Gasteiger partial charge in [0.2, 0.25) is 11.6 Å². The van der Waals surface area contributed by atoms with Gasteiger partial charge in [0.1, 0.15) is 6.04 Å². The standard InChI is InChI=1S/C20H19F3N2O3/c21-20(22,23)19(28)12-11-16(24-17(26)15-9-5-2-6-10-15)18(27)25(19)13-14-7-3-1-4-8-14/h1-10,16,28H,11-13H2,(H,24,26)/t16-,19+/m1/s1. The van der Waals surface area contributed by atoms with Gasteiger partial charge < -0.3 is 15.3 Å². The topological polar surface area (TPSA) is 69.6 Å². The maximum atomic E-state index is 13.6. The molecule has 1 fully saturated rings. The summed E-state index contributed by atoms with van der Waals surface area (Å²) in [6.07, 6.45) is -6.07. The van der Waals surface area contributed by atoms with Gasteiger partial charge in [0, 0.05) is 18.5 Å². The van der Waals surface area contributed by atoms with E-state index < -0.39 is 42.7 Å². The van der Waals surface area contributed by atoms with Crippen LogP contribution in [0.15, 0.2) is 60.7 Å². The number of hydrogen-bond acceptors (Lipinski definition) is 3. The van der Waals surface area contributed by atoms with E-state index in [1.54, 1.807) is 48.5 Å². The third kappa shape index (κ3) is 3.87. The van der Waals surface area contributed by atoms with Gasteiger partial charge in [0.25, 0.3) is 5.91 Å². The van der Waals surface area contributed by atoms with E-state index in [4.69, 9.17) is 0 Å². The first-order chi connectivity index (χ1) is 13.2. The summed E-state index contributed by atoms with van der Waals surface area (Å²) < 4.78 is 40.7. The lowest BCUT2D eigenvalue weighted by atomic mass is 9.92. The molecular formula is C20H19F3N2O3. The predicted molar refractivity (Wildman–Crippen MR) is 94.9 cm³/mol. The molecule has 0 saturated carbocycles. The summed E-state index contributed by atoms with van der Waals surface area (Å²) in [4.78, 5) is 25.5. The Balaban J connectivity index is 1.85. The third-order valence-corrected chi connectivity index (χ3v) is 4.77. The molecule has 0 aromatic heterocycles. The molecule has 0 aliphatic carbocycles. The van der Waals surface area contributed by atoms with Crippen molar-refractivity contribution < 1.29 is 27.9 Å². The quantitative estimate of drug-likeness (QED) is 0.841. The summed E-state index contributed by atoms with van der Waals surface area (Å²) >= 11 is 0. The average molecular weight is 392 g/mol. The summed E-state index contributed by atoms with van der Waals surface area (Å²) in [5, 5.41) is 12.8. The highest BCUT2D eigenvalue weighted by molar-refractivity contribution is 5.97. The van der Waals surface area contributed by atoms with Gasteiger partial charge in [-0.2, -0.15) is 13.2 Å². The fraction of sp³-hybridized carbons (Fsp3) is 0.300. The first kappa shape index (κ1) is 19.9. The molecule has 148 valence electrons. The van der Waals surface area contributed by atoms with Gasteiger partial charge in [0.15, 0.2) is 0 Å². The molecule has 0 radical (unpaired) electrons. The number of hydrogen-bond donors (Lipinski definition) is 2. The lowest BCUT2D eigenvalue weighted by Gasteiger charge is -2.46. The molecule has 1 saturated heterocycles. The van der Waals surface area contributed by atoms with Crippen molar-refractivity contribution in [3.63, 3.8) is 0 Å². The second-order valence-corrected chi connectivity index (χ2v) is 6.66. The third-order valence-electron chi connectivity index (χ3n) is 4.77. The Labute approximate surface area is 159 Å². The molecular weight excluding hydrogens is 373 g/mol. The maximum Gasteiger partial charge on any atom is 0.436 e. The van der Waals surface area contributed by atoms with Crippen molar-refractivity contribution in [2.24, 2.45) is 0 Å². The Morgan fingerprint density at radius 3 is 2.25 bits per heavy atom. The van der Waals surface area contributed by atoms with Crippen molar-refractivity contribution in [3.05, 3.63) is 71.8 Å². The molecule has 2 amide bonds. The van der Waals surface area contributed by atoms with Crippen LogP contribution in [-0.2, 0) is 11.3 Å². The number of benzene rings is 2. The average Bonchev–Trinajstić information content (AvgIpc) is 2.68. The van der Waals surface area contributed by atoms with Gasteiger partial charge in [-0.05, 0) is 24.1 Å². The molecule has 1 heterocycles. The minimum atomic E-state index is -5.02. The van der Waals surface area contributed by atoms with Crippen molar-refractivity contribution >= 4 is 11.8 Å². The summed E-state index contributed by atoms with van der Waals surface area (Å²) in [6.45, 7) is -0.423. The lowest BCUT2D eigenvalue weighted by Crippen LogP contribution is -2.67. The maximum absolute atomic E-state index is 13.6. The number of carbonyl (C=O) groups is 2. The van der Waals surface area contributed by atoms with Crippen molar-refractivity contribution in [2.45, 2.75) is 37.3 Å². The molecule has 2 aromatic rings. The van der Waals surface area contributed by atoms with E-state index in [2.05, 4.69) is 5.32 Å². The van der Waals surface area contributed by atoms with Gasteiger partial charge in [-0.1, -0.05) is 48.5 Å². The second-order valence-electron chi connectivity index (χ2n) is 6.66. The Morgan fingerprint density at radius 2 is 1.68 bits per heavy atom. The molecule has 0 spiro atoms. The van der Waals surface area contributed by atoms with E-state index in [-0.39, 0.29) is 6.42 Å². The van der Waals surface area contributed by atoms with E-state index >= 15 is 0 Å². The Bertz CT molecular complexity index is 843. The Kier molecular flexibility index (Phi) is 5.42. The molecule has 0 bridgehead atoms. The molecule has 8 heteroatoms. The van der Waals surface area contributed by atoms with Crippen LogP contribution in [-0.4, -0.2) is 39.8 Å². The zero-order valence-corrected chi connectivity index (χ0v) is 14.8. The van der Waals surface area contributed by atoms with E-state index in [0.29, 0.717) is 16.0 Å². The number of likely N-dealkylation sites (tertiary alicyclic amines) is 1. The minimum absolute atomic E-state index is 0.293. The first-order valence-corrected chi connectivity index (χ1v) is 8.73. The van der Waals surface area contributed by atoms with Crippen LogP contribution in [0.4, 0.5) is 13.2 Å². The molecule has 1 aliphatic heterocycles. The number of aliphatic hydroxyl groups is 1. The zero-order valence-electron chi connectivity index (χ0n) is 14.8. The fourth-order valence-electron chi connectivity index (χ4n) is 3.21. The summed E-state index contributed by atoms with van der Waals surface area (Å²) in [7, 11) is 0. The summed E-state index contributed by atoms with van der Waals surface area (Å²) in [5.74, 6) is -1.53. The van der Waals surface area contributed by atoms with Crippen LogP contribution in [0.2, 0.25) is 0 Å². The number of rotatable bonds is 4. The second kappa shape index (κ2) is 7.63. The van der Waals surface area contributed by atoms with Crippen LogP contribution in [0.5, 0.6) is 0 Å². The molecule has 5 nitrogen and oxygen atoms in total. The molecule has 0 unspecified atom stereocenters. The van der Waals surface area contributed by atoms with Crippen LogP contribution in [0.25, 0.3) is 0 Å². The fourth-order valence-corrected chi connectivity index (χ4v) is 3.21. The molecule has 2 atom stereocenters. The largest absolute Gasteiger partial charge is 0.436 e. The van der Waals surface area contributed by atoms with Gasteiger partial charge in [-0.3, -0.25) is 9.59 Å². The van der Waals surface area contributed by atoms with Crippen LogP contribution in [0.3, 0.4) is 0 Å². The van der Waals surface area contributed by atoms with Crippen LogP contribution >= 0.6 is 0 Å².